The SMILES string of the molecule is C=C/C(=C\C=C/C)c1ccc2c(c1)C1=CC(C(C)(C)C)=CCN1C2. The van der Waals surface area contributed by atoms with Crippen molar-refractivity contribution in [2.24, 2.45) is 5.41 Å². The summed E-state index contributed by atoms with van der Waals surface area (Å²) in [5.41, 5.74) is 8.18. The minimum Gasteiger partial charge on any atom is -0.363 e. The highest BCUT2D eigenvalue weighted by atomic mass is 15.2. The maximum atomic E-state index is 3.97. The molecule has 2 aliphatic heterocycles. The van der Waals surface area contributed by atoms with Gasteiger partial charge in [0.15, 0.2) is 0 Å². The molecule has 3 rings (SSSR count). The Balaban J connectivity index is 2.04. The highest BCUT2D eigenvalue weighted by Crippen LogP contribution is 2.40. The van der Waals surface area contributed by atoms with Gasteiger partial charge in [0, 0.05) is 24.4 Å². The quantitative estimate of drug-likeness (QED) is 0.620. The summed E-state index contributed by atoms with van der Waals surface area (Å²) in [5.74, 6) is 0. The molecular formula is C23H27N. The highest BCUT2D eigenvalue weighted by Gasteiger charge is 2.28. The molecule has 0 fully saturated rings. The van der Waals surface area contributed by atoms with Crippen LogP contribution in [0.2, 0.25) is 0 Å². The van der Waals surface area contributed by atoms with Crippen LogP contribution in [0.4, 0.5) is 0 Å². The molecule has 0 saturated carbocycles. The molecular weight excluding hydrogens is 290 g/mol. The Morgan fingerprint density at radius 1 is 1.25 bits per heavy atom. The topological polar surface area (TPSA) is 3.24 Å². The van der Waals surface area contributed by atoms with Crippen LogP contribution in [-0.4, -0.2) is 11.4 Å². The average molecular weight is 317 g/mol. The normalized spacial score (nSPS) is 17.5. The van der Waals surface area contributed by atoms with Crippen molar-refractivity contribution in [3.8, 4) is 0 Å². The molecule has 0 atom stereocenters. The first-order chi connectivity index (χ1) is 11.4. The Kier molecular flexibility index (Phi) is 4.36. The zero-order valence-corrected chi connectivity index (χ0v) is 15.3. The van der Waals surface area contributed by atoms with Crippen LogP contribution < -0.4 is 0 Å². The van der Waals surface area contributed by atoms with Crippen LogP contribution in [-0.2, 0) is 6.54 Å². The molecule has 1 heteroatoms. The summed E-state index contributed by atoms with van der Waals surface area (Å²) in [6.07, 6.45) is 12.9. The molecule has 0 aromatic heterocycles. The summed E-state index contributed by atoms with van der Waals surface area (Å²) in [5, 5.41) is 0. The Morgan fingerprint density at radius 2 is 2.04 bits per heavy atom. The van der Waals surface area contributed by atoms with Gasteiger partial charge >= 0.3 is 0 Å². The molecule has 2 aliphatic rings. The number of allylic oxidation sites excluding steroid dienone is 7. The average Bonchev–Trinajstić information content (AvgIpc) is 2.92. The molecule has 0 N–H and O–H groups in total. The third kappa shape index (κ3) is 3.03. The molecule has 1 aromatic carbocycles. The van der Waals surface area contributed by atoms with Crippen molar-refractivity contribution in [3.63, 3.8) is 0 Å². The molecule has 1 nitrogen and oxygen atoms in total. The van der Waals surface area contributed by atoms with E-state index in [9.17, 15) is 0 Å². The molecule has 0 unspecified atom stereocenters. The van der Waals surface area contributed by atoms with Gasteiger partial charge in [-0.25, -0.2) is 0 Å². The predicted molar refractivity (Wildman–Crippen MR) is 105 cm³/mol. The summed E-state index contributed by atoms with van der Waals surface area (Å²) in [6.45, 7) is 14.9. The van der Waals surface area contributed by atoms with E-state index < -0.39 is 0 Å². The van der Waals surface area contributed by atoms with E-state index in [-0.39, 0.29) is 5.41 Å². The second-order valence-corrected chi connectivity index (χ2v) is 7.54. The van der Waals surface area contributed by atoms with Gasteiger partial charge in [0.05, 0.1) is 0 Å². The Labute approximate surface area is 146 Å². The third-order valence-electron chi connectivity index (χ3n) is 4.80. The van der Waals surface area contributed by atoms with Crippen molar-refractivity contribution < 1.29 is 0 Å². The third-order valence-corrected chi connectivity index (χ3v) is 4.80. The van der Waals surface area contributed by atoms with Gasteiger partial charge in [-0.05, 0) is 46.8 Å². The van der Waals surface area contributed by atoms with E-state index in [4.69, 9.17) is 0 Å². The van der Waals surface area contributed by atoms with E-state index >= 15 is 0 Å². The van der Waals surface area contributed by atoms with Crippen molar-refractivity contribution >= 4 is 11.3 Å². The maximum absolute atomic E-state index is 3.97. The van der Waals surface area contributed by atoms with Crippen molar-refractivity contribution in [1.82, 2.24) is 4.90 Å². The lowest BCUT2D eigenvalue weighted by molar-refractivity contribution is 0.434. The summed E-state index contributed by atoms with van der Waals surface area (Å²) < 4.78 is 0. The van der Waals surface area contributed by atoms with Crippen LogP contribution in [0.5, 0.6) is 0 Å². The van der Waals surface area contributed by atoms with Crippen molar-refractivity contribution in [2.75, 3.05) is 6.54 Å². The van der Waals surface area contributed by atoms with E-state index in [1.807, 2.05) is 19.1 Å². The van der Waals surface area contributed by atoms with E-state index in [0.717, 1.165) is 18.7 Å². The molecule has 0 radical (unpaired) electrons. The van der Waals surface area contributed by atoms with Crippen molar-refractivity contribution in [3.05, 3.63) is 83.5 Å². The van der Waals surface area contributed by atoms with Crippen LogP contribution in [0.1, 0.15) is 44.4 Å². The molecule has 0 saturated heterocycles. The minimum absolute atomic E-state index is 0.192. The fourth-order valence-electron chi connectivity index (χ4n) is 3.34. The highest BCUT2D eigenvalue weighted by molar-refractivity contribution is 5.81. The number of nitrogens with zero attached hydrogens (tertiary/aromatic N) is 1. The fraction of sp³-hybridized carbons (Fsp3) is 0.304. The predicted octanol–water partition coefficient (Wildman–Crippen LogP) is 5.97. The molecule has 2 heterocycles. The van der Waals surface area contributed by atoms with E-state index in [1.165, 1.54) is 28.0 Å². The summed E-state index contributed by atoms with van der Waals surface area (Å²) in [4.78, 5) is 2.47. The van der Waals surface area contributed by atoms with E-state index in [1.54, 1.807) is 0 Å². The number of rotatable bonds is 3. The minimum atomic E-state index is 0.192. The van der Waals surface area contributed by atoms with E-state index in [2.05, 4.69) is 74.8 Å². The largest absolute Gasteiger partial charge is 0.363 e. The molecule has 1 aromatic rings. The van der Waals surface area contributed by atoms with Crippen LogP contribution >= 0.6 is 0 Å². The lowest BCUT2D eigenvalue weighted by atomic mass is 9.84. The standard InChI is InChI=1S/C23H27N/c1-6-8-9-17(7-2)18-10-11-19-16-24-13-12-20(23(3,4)5)15-22(24)21(19)14-18/h6-12,14-15H,2,13,16H2,1,3-5H3/b8-6-,17-9+. The monoisotopic (exact) mass is 317 g/mol. The van der Waals surface area contributed by atoms with Gasteiger partial charge in [-0.1, -0.05) is 69.9 Å². The van der Waals surface area contributed by atoms with Gasteiger partial charge in [-0.3, -0.25) is 0 Å². The zero-order valence-electron chi connectivity index (χ0n) is 15.3. The van der Waals surface area contributed by atoms with Crippen LogP contribution in [0.3, 0.4) is 0 Å². The van der Waals surface area contributed by atoms with Crippen LogP contribution in [0.25, 0.3) is 11.3 Å². The van der Waals surface area contributed by atoms with Gasteiger partial charge in [0.1, 0.15) is 0 Å². The second kappa shape index (κ2) is 6.32. The maximum Gasteiger partial charge on any atom is 0.0452 e. The molecule has 0 aliphatic carbocycles. The first-order valence-electron chi connectivity index (χ1n) is 8.70. The number of fused-ring (bicyclic) bond motifs is 3. The lowest BCUT2D eigenvalue weighted by Crippen LogP contribution is -2.22. The lowest BCUT2D eigenvalue weighted by Gasteiger charge is -2.29. The van der Waals surface area contributed by atoms with Crippen LogP contribution in [0.15, 0.2) is 66.8 Å². The van der Waals surface area contributed by atoms with Gasteiger partial charge in [0.2, 0.25) is 0 Å². The Hall–Kier alpha value is -2.28. The molecule has 124 valence electrons. The second-order valence-electron chi connectivity index (χ2n) is 7.54. The smallest absolute Gasteiger partial charge is 0.0452 e. The molecule has 0 amide bonds. The van der Waals surface area contributed by atoms with Gasteiger partial charge in [-0.15, -0.1) is 0 Å². The number of benzene rings is 1. The molecule has 0 bridgehead atoms. The van der Waals surface area contributed by atoms with Crippen LogP contribution in [0, 0.1) is 5.41 Å². The van der Waals surface area contributed by atoms with E-state index in [0.29, 0.717) is 0 Å². The van der Waals surface area contributed by atoms with Gasteiger partial charge in [0.25, 0.3) is 0 Å². The Morgan fingerprint density at radius 3 is 2.71 bits per heavy atom. The van der Waals surface area contributed by atoms with Crippen molar-refractivity contribution in [2.45, 2.75) is 34.2 Å². The fourth-order valence-corrected chi connectivity index (χ4v) is 3.34. The summed E-state index contributed by atoms with van der Waals surface area (Å²) >= 11 is 0. The number of hydrogen-bond acceptors (Lipinski definition) is 1. The zero-order chi connectivity index (χ0) is 17.3. The molecule has 24 heavy (non-hydrogen) atoms. The van der Waals surface area contributed by atoms with Gasteiger partial charge in [-0.2, -0.15) is 0 Å². The first kappa shape index (κ1) is 16.6. The summed E-state index contributed by atoms with van der Waals surface area (Å²) in [6, 6.07) is 6.81. The Bertz CT molecular complexity index is 779. The van der Waals surface area contributed by atoms with Gasteiger partial charge < -0.3 is 4.90 Å². The molecule has 0 spiro atoms. The number of hydrogen-bond donors (Lipinski definition) is 0. The first-order valence-corrected chi connectivity index (χ1v) is 8.70. The summed E-state index contributed by atoms with van der Waals surface area (Å²) in [7, 11) is 0. The van der Waals surface area contributed by atoms with Crippen molar-refractivity contribution in [1.29, 1.82) is 0 Å².